The number of rotatable bonds is 4. The van der Waals surface area contributed by atoms with Crippen molar-refractivity contribution < 1.29 is 14.5 Å². The molecule has 114 valence electrons. The van der Waals surface area contributed by atoms with Crippen LogP contribution in [0, 0.1) is 10.1 Å². The summed E-state index contributed by atoms with van der Waals surface area (Å²) in [6, 6.07) is 4.97. The molecule has 0 radical (unpaired) electrons. The molecule has 2 rings (SSSR count). The first kappa shape index (κ1) is 15.8. The number of nitro groups is 1. The van der Waals surface area contributed by atoms with E-state index in [1.54, 1.807) is 12.1 Å². The van der Waals surface area contributed by atoms with Gasteiger partial charge in [0.25, 0.3) is 5.69 Å². The van der Waals surface area contributed by atoms with Gasteiger partial charge in [-0.2, -0.15) is 0 Å². The van der Waals surface area contributed by atoms with Crippen LogP contribution in [0.5, 0.6) is 0 Å². The van der Waals surface area contributed by atoms with Gasteiger partial charge in [-0.25, -0.2) is 0 Å². The van der Waals surface area contributed by atoms with Crippen molar-refractivity contribution in [3.63, 3.8) is 0 Å². The third-order valence-electron chi connectivity index (χ3n) is 3.70. The molecule has 21 heavy (non-hydrogen) atoms. The van der Waals surface area contributed by atoms with Crippen molar-refractivity contribution in [1.29, 1.82) is 0 Å². The van der Waals surface area contributed by atoms with E-state index < -0.39 is 0 Å². The maximum absolute atomic E-state index is 11.5. The Morgan fingerprint density at radius 2 is 2.29 bits per heavy atom. The van der Waals surface area contributed by atoms with Gasteiger partial charge in [0.05, 0.1) is 18.5 Å². The zero-order chi connectivity index (χ0) is 15.4. The number of esters is 1. The highest BCUT2D eigenvalue weighted by molar-refractivity contribution is 9.10. The maximum atomic E-state index is 11.5. The Morgan fingerprint density at radius 1 is 1.52 bits per heavy atom. The lowest BCUT2D eigenvalue weighted by molar-refractivity contribution is -0.384. The minimum absolute atomic E-state index is 0.0499. The topological polar surface area (TPSA) is 72.7 Å². The first-order valence-corrected chi connectivity index (χ1v) is 7.59. The monoisotopic (exact) mass is 356 g/mol. The lowest BCUT2D eigenvalue weighted by atomic mass is 9.98. The Bertz CT molecular complexity index is 550. The van der Waals surface area contributed by atoms with Gasteiger partial charge >= 0.3 is 5.97 Å². The summed E-state index contributed by atoms with van der Waals surface area (Å²) >= 11 is 3.26. The van der Waals surface area contributed by atoms with E-state index in [9.17, 15) is 14.9 Å². The number of nitro benzene ring substituents is 1. The Morgan fingerprint density at radius 3 is 2.95 bits per heavy atom. The van der Waals surface area contributed by atoms with Crippen LogP contribution in [0.1, 0.15) is 25.7 Å². The number of nitrogens with zero attached hydrogens (tertiary/aromatic N) is 2. The number of hydrogen-bond acceptors (Lipinski definition) is 5. The predicted molar refractivity (Wildman–Crippen MR) is 82.4 cm³/mol. The fourth-order valence-electron chi connectivity index (χ4n) is 2.69. The quantitative estimate of drug-likeness (QED) is 0.470. The van der Waals surface area contributed by atoms with E-state index in [4.69, 9.17) is 4.74 Å². The second-order valence-corrected chi connectivity index (χ2v) is 5.93. The van der Waals surface area contributed by atoms with Gasteiger partial charge in [-0.3, -0.25) is 14.9 Å². The van der Waals surface area contributed by atoms with Crippen LogP contribution in [-0.2, 0) is 9.53 Å². The summed E-state index contributed by atoms with van der Waals surface area (Å²) in [4.78, 5) is 24.4. The molecule has 1 aromatic rings. The zero-order valence-electron chi connectivity index (χ0n) is 11.8. The van der Waals surface area contributed by atoms with Crippen molar-refractivity contribution in [3.05, 3.63) is 32.8 Å². The number of anilines is 1. The summed E-state index contributed by atoms with van der Waals surface area (Å²) < 4.78 is 5.39. The number of carbonyl (C=O) groups is 1. The van der Waals surface area contributed by atoms with Gasteiger partial charge in [0.15, 0.2) is 0 Å². The molecule has 0 amide bonds. The summed E-state index contributed by atoms with van der Waals surface area (Å²) in [5, 5.41) is 11.3. The van der Waals surface area contributed by atoms with Gasteiger partial charge in [0.1, 0.15) is 5.69 Å². The van der Waals surface area contributed by atoms with Gasteiger partial charge in [-0.05, 0) is 31.4 Å². The van der Waals surface area contributed by atoms with Crippen molar-refractivity contribution in [3.8, 4) is 0 Å². The Hall–Kier alpha value is -1.63. The molecular weight excluding hydrogens is 340 g/mol. The summed E-state index contributed by atoms with van der Waals surface area (Å²) in [7, 11) is 1.36. The fourth-order valence-corrected chi connectivity index (χ4v) is 3.04. The summed E-state index contributed by atoms with van der Waals surface area (Å²) in [5.41, 5.74) is 0.623. The van der Waals surface area contributed by atoms with Crippen LogP contribution in [0.3, 0.4) is 0 Å². The maximum Gasteiger partial charge on any atom is 0.307 e. The van der Waals surface area contributed by atoms with Crippen molar-refractivity contribution in [1.82, 2.24) is 0 Å². The molecule has 1 saturated heterocycles. The van der Waals surface area contributed by atoms with Crippen LogP contribution in [0.15, 0.2) is 22.7 Å². The van der Waals surface area contributed by atoms with Crippen LogP contribution < -0.4 is 4.90 Å². The average Bonchev–Trinajstić information content (AvgIpc) is 2.47. The molecule has 1 unspecified atom stereocenters. The highest BCUT2D eigenvalue weighted by atomic mass is 79.9. The Kier molecular flexibility index (Phi) is 5.17. The third-order valence-corrected chi connectivity index (χ3v) is 4.19. The molecule has 6 nitrogen and oxygen atoms in total. The molecule has 1 atom stereocenters. The number of methoxy groups -OCH3 is 1. The number of piperidine rings is 1. The zero-order valence-corrected chi connectivity index (χ0v) is 13.3. The van der Waals surface area contributed by atoms with Crippen LogP contribution in [0.4, 0.5) is 11.4 Å². The molecule has 1 aromatic carbocycles. The van der Waals surface area contributed by atoms with E-state index in [0.29, 0.717) is 16.7 Å². The van der Waals surface area contributed by atoms with Gasteiger partial charge in [-0.15, -0.1) is 0 Å². The van der Waals surface area contributed by atoms with E-state index in [1.165, 1.54) is 13.2 Å². The molecule has 0 aliphatic carbocycles. The highest BCUT2D eigenvalue weighted by Gasteiger charge is 2.29. The summed E-state index contributed by atoms with van der Waals surface area (Å²) in [6.07, 6.45) is 3.07. The van der Waals surface area contributed by atoms with E-state index in [-0.39, 0.29) is 29.0 Å². The molecule has 1 heterocycles. The normalized spacial score (nSPS) is 18.4. The largest absolute Gasteiger partial charge is 0.469 e. The highest BCUT2D eigenvalue weighted by Crippen LogP contribution is 2.35. The van der Waals surface area contributed by atoms with E-state index in [2.05, 4.69) is 15.9 Å². The molecule has 1 aliphatic rings. The van der Waals surface area contributed by atoms with Crippen molar-refractivity contribution >= 4 is 33.3 Å². The lowest BCUT2D eigenvalue weighted by Crippen LogP contribution is -2.41. The molecule has 1 aliphatic heterocycles. The molecule has 0 saturated carbocycles. The molecular formula is C14H17BrN2O4. The molecule has 0 N–H and O–H groups in total. The van der Waals surface area contributed by atoms with Crippen LogP contribution >= 0.6 is 15.9 Å². The van der Waals surface area contributed by atoms with Crippen LogP contribution in [0.2, 0.25) is 0 Å². The molecule has 1 fully saturated rings. The first-order valence-electron chi connectivity index (χ1n) is 6.80. The smallest absolute Gasteiger partial charge is 0.307 e. The summed E-state index contributed by atoms with van der Waals surface area (Å²) in [5.74, 6) is -0.285. The number of benzene rings is 1. The predicted octanol–water partition coefficient (Wildman–Crippen LogP) is 3.28. The van der Waals surface area contributed by atoms with E-state index in [0.717, 1.165) is 19.3 Å². The van der Waals surface area contributed by atoms with Gasteiger partial charge in [0.2, 0.25) is 0 Å². The van der Waals surface area contributed by atoms with Gasteiger partial charge in [-0.1, -0.05) is 15.9 Å². The lowest BCUT2D eigenvalue weighted by Gasteiger charge is -2.36. The third kappa shape index (κ3) is 3.72. The molecule has 7 heteroatoms. The van der Waals surface area contributed by atoms with Gasteiger partial charge in [0, 0.05) is 23.1 Å². The average molecular weight is 357 g/mol. The van der Waals surface area contributed by atoms with Crippen LogP contribution in [0.25, 0.3) is 0 Å². The fraction of sp³-hybridized carbons (Fsp3) is 0.500. The van der Waals surface area contributed by atoms with Crippen molar-refractivity contribution in [2.24, 2.45) is 0 Å². The Balaban J connectivity index is 2.33. The van der Waals surface area contributed by atoms with E-state index in [1.807, 2.05) is 4.90 Å². The van der Waals surface area contributed by atoms with Crippen molar-refractivity contribution in [2.45, 2.75) is 31.7 Å². The standard InChI is InChI=1S/C14H17BrN2O4/c1-21-14(18)9-11-4-2-3-7-16(11)12-6-5-10(15)8-13(12)17(19)20/h5-6,8,11H,2-4,7,9H2,1H3. The van der Waals surface area contributed by atoms with E-state index >= 15 is 0 Å². The minimum atomic E-state index is -0.385. The number of carbonyl (C=O) groups excluding carboxylic acids is 1. The van der Waals surface area contributed by atoms with Gasteiger partial charge < -0.3 is 9.64 Å². The minimum Gasteiger partial charge on any atom is -0.469 e. The SMILES string of the molecule is COC(=O)CC1CCCCN1c1ccc(Br)cc1[N+](=O)[O-]. The number of hydrogen-bond donors (Lipinski definition) is 0. The second kappa shape index (κ2) is 6.89. The second-order valence-electron chi connectivity index (χ2n) is 5.01. The molecule has 0 spiro atoms. The molecule has 0 aromatic heterocycles. The van der Waals surface area contributed by atoms with Crippen LogP contribution in [-0.4, -0.2) is 30.6 Å². The van der Waals surface area contributed by atoms with Crippen molar-refractivity contribution in [2.75, 3.05) is 18.6 Å². The summed E-state index contributed by atoms with van der Waals surface area (Å²) in [6.45, 7) is 0.712. The Labute approximate surface area is 131 Å². The number of ether oxygens (including phenoxy) is 1. The number of halogens is 1. The molecule has 0 bridgehead atoms. The first-order chi connectivity index (χ1) is 10.0.